The highest BCUT2D eigenvalue weighted by Crippen LogP contribution is 2.22. The van der Waals surface area contributed by atoms with E-state index in [4.69, 9.17) is 15.4 Å². The van der Waals surface area contributed by atoms with Crippen LogP contribution < -0.4 is 0 Å². The average molecular weight is 638 g/mol. The zero-order valence-electron chi connectivity index (χ0n) is 28.2. The van der Waals surface area contributed by atoms with Gasteiger partial charge in [-0.15, -0.1) is 0 Å². The van der Waals surface area contributed by atoms with Crippen molar-refractivity contribution in [1.82, 2.24) is 9.97 Å². The summed E-state index contributed by atoms with van der Waals surface area (Å²) < 4.78 is 0. The minimum atomic E-state index is 0.529. The molecule has 0 saturated heterocycles. The summed E-state index contributed by atoms with van der Waals surface area (Å²) in [4.78, 5) is 9.52. The molecular weight excluding hydrogens is 595 g/mol. The Hall–Kier alpha value is -5.67. The second-order valence-corrected chi connectivity index (χ2v) is 12.5. The van der Waals surface area contributed by atoms with Gasteiger partial charge in [0.15, 0.2) is 0 Å². The fourth-order valence-electron chi connectivity index (χ4n) is 6.07. The van der Waals surface area contributed by atoms with Gasteiger partial charge in [-0.05, 0) is 97.0 Å². The normalized spacial score (nSPS) is 11.6. The summed E-state index contributed by atoms with van der Waals surface area (Å²) in [5, 5.41) is 8.47. The number of benzene rings is 4. The Morgan fingerprint density at radius 3 is 1.41 bits per heavy atom. The molecule has 0 amide bonds. The first-order valence-electron chi connectivity index (χ1n) is 17.2. The van der Waals surface area contributed by atoms with Gasteiger partial charge in [-0.2, -0.15) is 0 Å². The number of nitrogens with one attached hydrogen (secondary N) is 1. The topological polar surface area (TPSA) is 49.6 Å². The van der Waals surface area contributed by atoms with Gasteiger partial charge in [-0.3, -0.25) is 9.97 Å². The lowest BCUT2D eigenvalue weighted by molar-refractivity contribution is 0.899. The summed E-state index contributed by atoms with van der Waals surface area (Å²) in [5.41, 5.74) is 13.6. The number of hydrogen-bond donors (Lipinski definition) is 1. The Kier molecular flexibility index (Phi) is 11.5. The molecule has 0 radical (unpaired) electrons. The molecule has 1 N–H and O–H groups in total. The number of aromatic nitrogens is 2. The number of hydrogen-bond acceptors (Lipinski definition) is 3. The molecule has 242 valence electrons. The van der Waals surface area contributed by atoms with Crippen molar-refractivity contribution in [3.63, 3.8) is 0 Å². The summed E-state index contributed by atoms with van der Waals surface area (Å²) in [7, 11) is 0. The summed E-state index contributed by atoms with van der Waals surface area (Å²) in [5.74, 6) is 0. The number of allylic oxidation sites excluding steroid dienone is 4. The van der Waals surface area contributed by atoms with Gasteiger partial charge in [0.1, 0.15) is 0 Å². The van der Waals surface area contributed by atoms with Crippen molar-refractivity contribution in [3.05, 3.63) is 203 Å². The zero-order chi connectivity index (χ0) is 33.7. The minimum Gasteiger partial charge on any atom is -0.300 e. The molecule has 0 unspecified atom stereocenters. The van der Waals surface area contributed by atoms with Crippen LogP contribution in [0.15, 0.2) is 170 Å². The first-order valence-corrected chi connectivity index (χ1v) is 17.2. The van der Waals surface area contributed by atoms with Crippen molar-refractivity contribution < 1.29 is 0 Å². The molecule has 0 aliphatic heterocycles. The predicted molar refractivity (Wildman–Crippen MR) is 205 cm³/mol. The van der Waals surface area contributed by atoms with E-state index in [1.165, 1.54) is 33.4 Å². The number of rotatable bonds is 14. The first-order chi connectivity index (χ1) is 24.1. The van der Waals surface area contributed by atoms with Crippen LogP contribution in [0.3, 0.4) is 0 Å². The maximum Gasteiger partial charge on any atom is 0.0702 e. The van der Waals surface area contributed by atoms with Gasteiger partial charge in [0.2, 0.25) is 0 Å². The Morgan fingerprint density at radius 2 is 0.959 bits per heavy atom. The zero-order valence-corrected chi connectivity index (χ0v) is 28.2. The van der Waals surface area contributed by atoms with Gasteiger partial charge in [-0.25, -0.2) is 0 Å². The molecule has 2 heterocycles. The smallest absolute Gasteiger partial charge is 0.0702 e. The molecule has 3 nitrogen and oxygen atoms in total. The summed E-state index contributed by atoms with van der Waals surface area (Å²) >= 11 is 0. The highest BCUT2D eigenvalue weighted by atomic mass is 14.7. The van der Waals surface area contributed by atoms with E-state index >= 15 is 0 Å². The van der Waals surface area contributed by atoms with Crippen LogP contribution in [0.1, 0.15) is 46.7 Å². The van der Waals surface area contributed by atoms with Crippen molar-refractivity contribution in [3.8, 4) is 22.5 Å². The highest BCUT2D eigenvalue weighted by Gasteiger charge is 2.07. The molecule has 0 aliphatic carbocycles. The SMILES string of the molecule is C/C=C(\C=C/C(=N)c1ccccc1)CCc1cc(CCc2ccc(-c3ccccc3)nc2)cc(CCc2ccc(-c3ccccc3)nc2)c1. The Labute approximate surface area is 291 Å². The molecule has 0 atom stereocenters. The molecule has 3 heteroatoms. The maximum absolute atomic E-state index is 8.47. The Bertz CT molecular complexity index is 1890. The molecule has 4 aromatic carbocycles. The Morgan fingerprint density at radius 1 is 0.510 bits per heavy atom. The van der Waals surface area contributed by atoms with Crippen LogP contribution in [0.4, 0.5) is 0 Å². The monoisotopic (exact) mass is 637 g/mol. The second kappa shape index (κ2) is 16.9. The van der Waals surface area contributed by atoms with Crippen molar-refractivity contribution >= 4 is 5.71 Å². The van der Waals surface area contributed by atoms with Crippen molar-refractivity contribution in [2.45, 2.75) is 45.4 Å². The minimum absolute atomic E-state index is 0.529. The fraction of sp³-hybridized carbons (Fsp3) is 0.152. The largest absolute Gasteiger partial charge is 0.300 e. The van der Waals surface area contributed by atoms with E-state index in [-0.39, 0.29) is 0 Å². The van der Waals surface area contributed by atoms with E-state index < -0.39 is 0 Å². The molecule has 0 spiro atoms. The fourth-order valence-corrected chi connectivity index (χ4v) is 6.07. The predicted octanol–water partition coefficient (Wildman–Crippen LogP) is 10.9. The van der Waals surface area contributed by atoms with Gasteiger partial charge >= 0.3 is 0 Å². The molecular formula is C46H43N3. The van der Waals surface area contributed by atoms with Gasteiger partial charge in [-0.1, -0.05) is 139 Å². The molecule has 0 saturated carbocycles. The first kappa shape index (κ1) is 33.2. The number of aryl methyl sites for hydroxylation is 5. The van der Waals surface area contributed by atoms with E-state index in [2.05, 4.69) is 110 Å². The highest BCUT2D eigenvalue weighted by molar-refractivity contribution is 6.06. The third-order valence-electron chi connectivity index (χ3n) is 8.93. The Balaban J connectivity index is 1.14. The van der Waals surface area contributed by atoms with Crippen LogP contribution >= 0.6 is 0 Å². The van der Waals surface area contributed by atoms with Crippen LogP contribution in [0.2, 0.25) is 0 Å². The molecule has 6 aromatic rings. The lowest BCUT2D eigenvalue weighted by Crippen LogP contribution is -2.00. The molecule has 49 heavy (non-hydrogen) atoms. The van der Waals surface area contributed by atoms with Crippen molar-refractivity contribution in [2.24, 2.45) is 0 Å². The van der Waals surface area contributed by atoms with Crippen LogP contribution in [0, 0.1) is 5.41 Å². The maximum atomic E-state index is 8.47. The van der Waals surface area contributed by atoms with Gasteiger partial charge < -0.3 is 5.41 Å². The van der Waals surface area contributed by atoms with E-state index in [9.17, 15) is 0 Å². The second-order valence-electron chi connectivity index (χ2n) is 12.5. The molecule has 0 aliphatic rings. The molecule has 0 bridgehead atoms. The van der Waals surface area contributed by atoms with Crippen molar-refractivity contribution in [2.75, 3.05) is 0 Å². The average Bonchev–Trinajstić information content (AvgIpc) is 3.17. The van der Waals surface area contributed by atoms with E-state index in [1.807, 2.05) is 60.9 Å². The van der Waals surface area contributed by atoms with Gasteiger partial charge in [0, 0.05) is 23.5 Å². The number of nitrogens with zero attached hydrogens (tertiary/aromatic N) is 2. The van der Waals surface area contributed by atoms with Crippen LogP contribution in [-0.4, -0.2) is 15.7 Å². The number of pyridine rings is 2. The molecule has 0 fully saturated rings. The van der Waals surface area contributed by atoms with Crippen LogP contribution in [0.25, 0.3) is 22.5 Å². The standard InChI is InChI=1S/C46H43N3/c1-2-35(24-27-44(47)41-12-6-3-7-13-41)18-21-38-30-39(22-19-36-25-28-45(48-33-36)42-14-8-4-9-15-42)32-40(31-38)23-20-37-26-29-46(49-34-37)43-16-10-5-11-17-43/h2-17,24-34,47H,18-23H2,1H3/b27-24-,35-2-,47-44?. The van der Waals surface area contributed by atoms with Crippen LogP contribution in [0.5, 0.6) is 0 Å². The summed E-state index contributed by atoms with van der Waals surface area (Å²) in [6.07, 6.45) is 15.9. The van der Waals surface area contributed by atoms with E-state index in [0.29, 0.717) is 5.71 Å². The quantitative estimate of drug-likeness (QED) is 0.0954. The molecule has 6 rings (SSSR count). The van der Waals surface area contributed by atoms with Crippen molar-refractivity contribution in [1.29, 1.82) is 5.41 Å². The molecule has 2 aromatic heterocycles. The lowest BCUT2D eigenvalue weighted by atomic mass is 9.94. The summed E-state index contributed by atoms with van der Waals surface area (Å²) in [6.45, 7) is 2.09. The van der Waals surface area contributed by atoms with E-state index in [0.717, 1.165) is 66.6 Å². The third-order valence-corrected chi connectivity index (χ3v) is 8.93. The van der Waals surface area contributed by atoms with Gasteiger partial charge in [0.05, 0.1) is 17.1 Å². The van der Waals surface area contributed by atoms with Gasteiger partial charge in [0.25, 0.3) is 0 Å². The summed E-state index contributed by atoms with van der Waals surface area (Å²) in [6, 6.07) is 46.4. The van der Waals surface area contributed by atoms with Crippen LogP contribution in [-0.2, 0) is 32.1 Å². The lowest BCUT2D eigenvalue weighted by Gasteiger charge is -2.12. The van der Waals surface area contributed by atoms with E-state index in [1.54, 1.807) is 0 Å². The third kappa shape index (κ3) is 9.68.